The summed E-state index contributed by atoms with van der Waals surface area (Å²) in [4.78, 5) is 15.3. The number of ketones is 1. The Balaban J connectivity index is 2.33. The minimum atomic E-state index is -1.91. The van der Waals surface area contributed by atoms with Crippen LogP contribution in [0.1, 0.15) is 37.8 Å². The molecule has 0 fully saturated rings. The lowest BCUT2D eigenvalue weighted by atomic mass is 9.66. The van der Waals surface area contributed by atoms with Gasteiger partial charge in [0.25, 0.3) is 0 Å². The van der Waals surface area contributed by atoms with Crippen LogP contribution in [0.5, 0.6) is 0 Å². The average Bonchev–Trinajstić information content (AvgIpc) is 2.82. The topological polar surface area (TPSA) is 20.3 Å². The maximum atomic E-state index is 15.2. The number of benzene rings is 3. The van der Waals surface area contributed by atoms with Crippen molar-refractivity contribution in [1.82, 2.24) is 4.90 Å². The Morgan fingerprint density at radius 3 is 1.88 bits per heavy atom. The van der Waals surface area contributed by atoms with Crippen LogP contribution in [-0.4, -0.2) is 30.8 Å². The van der Waals surface area contributed by atoms with Crippen molar-refractivity contribution in [2.45, 2.75) is 38.1 Å². The third kappa shape index (κ3) is 4.58. The second-order valence-electron chi connectivity index (χ2n) is 8.49. The predicted octanol–water partition coefficient (Wildman–Crippen LogP) is 6.52. The van der Waals surface area contributed by atoms with E-state index in [4.69, 9.17) is 0 Å². The standard InChI is InChI=1S/C27H27F4NO/c1-5-23(33)27(16-17(2)32(3)4,24-25(30)21(28)15-22(29)26(24)31)20-13-11-19(12-14-20)18-9-7-6-8-10-18/h6-15,17H,5,16H2,1-4H3/t17-,27+/m1/s1. The first-order valence-corrected chi connectivity index (χ1v) is 10.8. The van der Waals surface area contributed by atoms with Crippen LogP contribution in [0.15, 0.2) is 60.7 Å². The van der Waals surface area contributed by atoms with Crippen molar-refractivity contribution < 1.29 is 22.4 Å². The SMILES string of the molecule is CCC(=O)[C@](C[C@@H](C)N(C)C)(c1ccc(-c2ccccc2)cc1)c1c(F)c(F)cc(F)c1F. The number of hydrogen-bond donors (Lipinski definition) is 0. The summed E-state index contributed by atoms with van der Waals surface area (Å²) >= 11 is 0. The highest BCUT2D eigenvalue weighted by Gasteiger charge is 2.47. The molecule has 0 heterocycles. The highest BCUT2D eigenvalue weighted by Crippen LogP contribution is 2.43. The molecule has 0 N–H and O–H groups in total. The van der Waals surface area contributed by atoms with Gasteiger partial charge in [-0.2, -0.15) is 0 Å². The molecule has 2 atom stereocenters. The van der Waals surface area contributed by atoms with Gasteiger partial charge in [0.1, 0.15) is 5.78 Å². The number of carbonyl (C=O) groups excluding carboxylic acids is 1. The molecule has 33 heavy (non-hydrogen) atoms. The maximum absolute atomic E-state index is 15.2. The number of nitrogens with zero attached hydrogens (tertiary/aromatic N) is 1. The first-order chi connectivity index (χ1) is 15.6. The van der Waals surface area contributed by atoms with Crippen LogP contribution in [0.2, 0.25) is 0 Å². The normalized spacial score (nSPS) is 14.2. The molecule has 0 amide bonds. The van der Waals surface area contributed by atoms with Crippen molar-refractivity contribution in [3.05, 3.63) is 95.1 Å². The first-order valence-electron chi connectivity index (χ1n) is 10.8. The van der Waals surface area contributed by atoms with E-state index in [2.05, 4.69) is 0 Å². The first kappa shape index (κ1) is 24.6. The summed E-state index contributed by atoms with van der Waals surface area (Å²) in [5.74, 6) is -6.68. The quantitative estimate of drug-likeness (QED) is 0.284. The van der Waals surface area contributed by atoms with Gasteiger partial charge >= 0.3 is 0 Å². The third-order valence-electron chi connectivity index (χ3n) is 6.30. The van der Waals surface area contributed by atoms with E-state index in [9.17, 15) is 13.6 Å². The molecule has 0 unspecified atom stereocenters. The van der Waals surface area contributed by atoms with Gasteiger partial charge in [0, 0.05) is 24.1 Å². The van der Waals surface area contributed by atoms with Crippen molar-refractivity contribution in [3.63, 3.8) is 0 Å². The van der Waals surface area contributed by atoms with E-state index in [1.165, 1.54) is 0 Å². The van der Waals surface area contributed by atoms with Crippen molar-refractivity contribution >= 4 is 5.78 Å². The molecular formula is C27H27F4NO. The lowest BCUT2D eigenvalue weighted by molar-refractivity contribution is -0.123. The zero-order valence-electron chi connectivity index (χ0n) is 19.1. The van der Waals surface area contributed by atoms with E-state index >= 15 is 8.78 Å². The Kier molecular flexibility index (Phi) is 7.38. The van der Waals surface area contributed by atoms with Gasteiger partial charge in [0.15, 0.2) is 23.3 Å². The van der Waals surface area contributed by atoms with Crippen molar-refractivity contribution in [1.29, 1.82) is 0 Å². The molecular weight excluding hydrogens is 430 g/mol. The average molecular weight is 458 g/mol. The molecule has 3 aromatic rings. The Hall–Kier alpha value is -2.99. The van der Waals surface area contributed by atoms with Crippen LogP contribution in [0.4, 0.5) is 17.6 Å². The summed E-state index contributed by atoms with van der Waals surface area (Å²) in [6, 6.07) is 16.0. The minimum Gasteiger partial charge on any atom is -0.307 e. The number of Topliss-reactive ketones (excluding diaryl/α,β-unsaturated/α-hetero) is 1. The molecule has 0 saturated carbocycles. The van der Waals surface area contributed by atoms with Gasteiger partial charge in [-0.25, -0.2) is 17.6 Å². The van der Waals surface area contributed by atoms with Crippen LogP contribution < -0.4 is 0 Å². The fourth-order valence-corrected chi connectivity index (χ4v) is 4.23. The summed E-state index contributed by atoms with van der Waals surface area (Å²) in [6.07, 6.45) is -0.133. The van der Waals surface area contributed by atoms with Gasteiger partial charge < -0.3 is 4.90 Å². The monoisotopic (exact) mass is 457 g/mol. The molecule has 0 spiro atoms. The second-order valence-corrected chi connectivity index (χ2v) is 8.49. The number of rotatable bonds is 8. The highest BCUT2D eigenvalue weighted by molar-refractivity contribution is 5.94. The van der Waals surface area contributed by atoms with E-state index in [1.54, 1.807) is 57.1 Å². The van der Waals surface area contributed by atoms with Gasteiger partial charge in [0.2, 0.25) is 0 Å². The van der Waals surface area contributed by atoms with Crippen LogP contribution >= 0.6 is 0 Å². The predicted molar refractivity (Wildman–Crippen MR) is 122 cm³/mol. The van der Waals surface area contributed by atoms with E-state index in [-0.39, 0.29) is 30.5 Å². The summed E-state index contributed by atoms with van der Waals surface area (Å²) < 4.78 is 59.0. The highest BCUT2D eigenvalue weighted by atomic mass is 19.2. The van der Waals surface area contributed by atoms with E-state index in [1.807, 2.05) is 30.3 Å². The fourth-order valence-electron chi connectivity index (χ4n) is 4.23. The summed E-state index contributed by atoms with van der Waals surface area (Å²) in [5, 5.41) is 0. The van der Waals surface area contributed by atoms with Gasteiger partial charge in [0.05, 0.1) is 5.41 Å². The zero-order valence-corrected chi connectivity index (χ0v) is 19.1. The van der Waals surface area contributed by atoms with Crippen molar-refractivity contribution in [3.8, 4) is 11.1 Å². The maximum Gasteiger partial charge on any atom is 0.166 e. The molecule has 174 valence electrons. The molecule has 0 aliphatic rings. The Morgan fingerprint density at radius 1 is 0.879 bits per heavy atom. The Labute approximate surface area is 191 Å². The van der Waals surface area contributed by atoms with Crippen LogP contribution in [0.25, 0.3) is 11.1 Å². The molecule has 3 aromatic carbocycles. The van der Waals surface area contributed by atoms with Crippen molar-refractivity contribution in [2.75, 3.05) is 14.1 Å². The summed E-state index contributed by atoms with van der Waals surface area (Å²) in [7, 11) is 3.53. The fraction of sp³-hybridized carbons (Fsp3) is 0.296. The lowest BCUT2D eigenvalue weighted by Crippen LogP contribution is -2.44. The second kappa shape index (κ2) is 9.87. The van der Waals surface area contributed by atoms with E-state index < -0.39 is 40.0 Å². The molecule has 0 bridgehead atoms. The number of carbonyl (C=O) groups is 1. The zero-order chi connectivity index (χ0) is 24.3. The lowest BCUT2D eigenvalue weighted by Gasteiger charge is -2.38. The van der Waals surface area contributed by atoms with Crippen LogP contribution in [-0.2, 0) is 10.2 Å². The van der Waals surface area contributed by atoms with E-state index in [0.717, 1.165) is 11.1 Å². The molecule has 0 aliphatic carbocycles. The Bertz CT molecular complexity index is 1100. The molecule has 6 heteroatoms. The van der Waals surface area contributed by atoms with Gasteiger partial charge in [-0.3, -0.25) is 4.79 Å². The van der Waals surface area contributed by atoms with Gasteiger partial charge in [-0.1, -0.05) is 61.5 Å². The van der Waals surface area contributed by atoms with Crippen molar-refractivity contribution in [2.24, 2.45) is 0 Å². The molecule has 0 aromatic heterocycles. The summed E-state index contributed by atoms with van der Waals surface area (Å²) in [6.45, 7) is 3.36. The smallest absolute Gasteiger partial charge is 0.166 e. The minimum absolute atomic E-state index is 0.0614. The summed E-state index contributed by atoms with van der Waals surface area (Å²) in [5.41, 5.74) is -0.750. The van der Waals surface area contributed by atoms with Gasteiger partial charge in [-0.05, 0) is 44.1 Å². The van der Waals surface area contributed by atoms with E-state index in [0.29, 0.717) is 0 Å². The van der Waals surface area contributed by atoms with Gasteiger partial charge in [-0.15, -0.1) is 0 Å². The number of halogens is 4. The molecule has 3 rings (SSSR count). The molecule has 0 radical (unpaired) electrons. The number of hydrogen-bond acceptors (Lipinski definition) is 2. The molecule has 2 nitrogen and oxygen atoms in total. The van der Waals surface area contributed by atoms with Crippen LogP contribution in [0.3, 0.4) is 0 Å². The largest absolute Gasteiger partial charge is 0.307 e. The molecule has 0 saturated heterocycles. The molecule has 0 aliphatic heterocycles. The van der Waals surface area contributed by atoms with Crippen LogP contribution in [0, 0.1) is 23.3 Å². The Morgan fingerprint density at radius 2 is 1.39 bits per heavy atom. The third-order valence-corrected chi connectivity index (χ3v) is 6.30.